The molecule has 0 unspecified atom stereocenters. The summed E-state index contributed by atoms with van der Waals surface area (Å²) in [5, 5.41) is 3.09. The maximum Gasteiger partial charge on any atom is 0.339 e. The lowest BCUT2D eigenvalue weighted by molar-refractivity contribution is 0.0600. The summed E-state index contributed by atoms with van der Waals surface area (Å²) in [5.74, 6) is 0.147. The van der Waals surface area contributed by atoms with Gasteiger partial charge in [0.2, 0.25) is 5.88 Å². The summed E-state index contributed by atoms with van der Waals surface area (Å²) in [5.41, 5.74) is 0.427. The van der Waals surface area contributed by atoms with E-state index in [1.807, 2.05) is 0 Å². The molecule has 0 atom stereocenters. The molecule has 1 aromatic heterocycles. The van der Waals surface area contributed by atoms with Crippen LogP contribution in [0, 0.1) is 0 Å². The van der Waals surface area contributed by atoms with Gasteiger partial charge in [-0.25, -0.2) is 9.78 Å². The van der Waals surface area contributed by atoms with E-state index in [9.17, 15) is 4.79 Å². The zero-order chi connectivity index (χ0) is 10.7. The van der Waals surface area contributed by atoms with Gasteiger partial charge in [-0.05, 0) is 6.07 Å². The first-order valence-electron chi connectivity index (χ1n) is 4.71. The number of pyridine rings is 1. The molecule has 0 bridgehead atoms. The first-order chi connectivity index (χ1) is 7.29. The van der Waals surface area contributed by atoms with Crippen molar-refractivity contribution in [3.8, 4) is 5.88 Å². The minimum absolute atomic E-state index is 0. The van der Waals surface area contributed by atoms with E-state index in [-0.39, 0.29) is 24.5 Å². The molecule has 16 heavy (non-hydrogen) atoms. The highest BCUT2D eigenvalue weighted by Gasteiger charge is 2.18. The number of hydrogen-bond donors (Lipinski definition) is 1. The highest BCUT2D eigenvalue weighted by molar-refractivity contribution is 5.88. The van der Waals surface area contributed by atoms with Crippen molar-refractivity contribution >= 4 is 18.4 Å². The maximum atomic E-state index is 11.1. The van der Waals surface area contributed by atoms with Crippen LogP contribution in [0.4, 0.5) is 0 Å². The summed E-state index contributed by atoms with van der Waals surface area (Å²) in [6.07, 6.45) is 1.65. The second-order valence-corrected chi connectivity index (χ2v) is 3.27. The fourth-order valence-corrected chi connectivity index (χ4v) is 1.20. The Balaban J connectivity index is 0.00000128. The summed E-state index contributed by atoms with van der Waals surface area (Å²) in [6, 6.07) is 3.31. The molecule has 1 saturated heterocycles. The number of halogens is 1. The van der Waals surface area contributed by atoms with Crippen LogP contribution in [0.1, 0.15) is 10.4 Å². The molecule has 88 valence electrons. The fraction of sp³-hybridized carbons (Fsp3) is 0.400. The summed E-state index contributed by atoms with van der Waals surface area (Å²) in [7, 11) is 1.34. The molecule has 1 N–H and O–H groups in total. The van der Waals surface area contributed by atoms with Gasteiger partial charge in [-0.3, -0.25) is 0 Å². The van der Waals surface area contributed by atoms with E-state index in [1.165, 1.54) is 13.3 Å². The molecule has 0 radical (unpaired) electrons. The number of carbonyl (C=O) groups is 1. The number of rotatable bonds is 3. The van der Waals surface area contributed by atoms with Gasteiger partial charge in [-0.1, -0.05) is 0 Å². The maximum absolute atomic E-state index is 11.1. The first-order valence-corrected chi connectivity index (χ1v) is 4.71. The van der Waals surface area contributed by atoms with Crippen LogP contribution in [-0.4, -0.2) is 37.3 Å². The molecule has 0 aromatic carbocycles. The van der Waals surface area contributed by atoms with Crippen molar-refractivity contribution < 1.29 is 14.3 Å². The van der Waals surface area contributed by atoms with Crippen LogP contribution in [0.5, 0.6) is 5.88 Å². The molecule has 1 aliphatic heterocycles. The van der Waals surface area contributed by atoms with E-state index in [0.29, 0.717) is 11.4 Å². The average molecular weight is 245 g/mol. The van der Waals surface area contributed by atoms with Gasteiger partial charge in [0.1, 0.15) is 6.10 Å². The Morgan fingerprint density at radius 3 is 2.69 bits per heavy atom. The van der Waals surface area contributed by atoms with Crippen LogP contribution < -0.4 is 10.1 Å². The van der Waals surface area contributed by atoms with Gasteiger partial charge in [0.05, 0.1) is 12.7 Å². The third kappa shape index (κ3) is 2.84. The van der Waals surface area contributed by atoms with E-state index < -0.39 is 0 Å². The number of esters is 1. The minimum Gasteiger partial charge on any atom is -0.472 e. The largest absolute Gasteiger partial charge is 0.472 e. The zero-order valence-electron chi connectivity index (χ0n) is 8.80. The number of methoxy groups -OCH3 is 1. The molecule has 1 aliphatic rings. The molecular formula is C10H13ClN2O3. The van der Waals surface area contributed by atoms with Crippen molar-refractivity contribution in [3.05, 3.63) is 23.9 Å². The van der Waals surface area contributed by atoms with Gasteiger partial charge in [0, 0.05) is 25.4 Å². The summed E-state index contributed by atoms with van der Waals surface area (Å²) >= 11 is 0. The lowest BCUT2D eigenvalue weighted by Gasteiger charge is -2.27. The van der Waals surface area contributed by atoms with E-state index in [1.54, 1.807) is 12.1 Å². The predicted octanol–water partition coefficient (Wildman–Crippen LogP) is 0.641. The van der Waals surface area contributed by atoms with Gasteiger partial charge in [0.15, 0.2) is 0 Å². The van der Waals surface area contributed by atoms with Gasteiger partial charge >= 0.3 is 5.97 Å². The Labute approximate surface area is 99.6 Å². The number of nitrogens with zero attached hydrogens (tertiary/aromatic N) is 1. The smallest absolute Gasteiger partial charge is 0.339 e. The number of nitrogens with one attached hydrogen (secondary N) is 1. The number of carbonyl (C=O) groups excluding carboxylic acids is 1. The standard InChI is InChI=1S/C10H12N2O3.ClH/c1-14-10(13)7-2-3-9(12-4-7)15-8-5-11-6-8;/h2-4,8,11H,5-6H2,1H3;1H. The molecule has 1 aromatic rings. The number of hydrogen-bond acceptors (Lipinski definition) is 5. The van der Waals surface area contributed by atoms with Gasteiger partial charge in [-0.2, -0.15) is 0 Å². The fourth-order valence-electron chi connectivity index (χ4n) is 1.20. The summed E-state index contributed by atoms with van der Waals surface area (Å²) in [6.45, 7) is 1.70. The predicted molar refractivity (Wildman–Crippen MR) is 60.1 cm³/mol. The Bertz CT molecular complexity index is 352. The van der Waals surface area contributed by atoms with Gasteiger partial charge in [-0.15, -0.1) is 12.4 Å². The Morgan fingerprint density at radius 1 is 1.50 bits per heavy atom. The summed E-state index contributed by atoms with van der Waals surface area (Å²) in [4.78, 5) is 15.1. The molecule has 6 heteroatoms. The molecule has 2 rings (SSSR count). The molecule has 0 spiro atoms. The highest BCUT2D eigenvalue weighted by atomic mass is 35.5. The second-order valence-electron chi connectivity index (χ2n) is 3.27. The lowest BCUT2D eigenvalue weighted by atomic mass is 10.2. The van der Waals surface area contributed by atoms with Crippen LogP contribution >= 0.6 is 12.4 Å². The average Bonchev–Trinajstić information content (AvgIpc) is 2.23. The molecule has 5 nitrogen and oxygen atoms in total. The monoisotopic (exact) mass is 244 g/mol. The van der Waals surface area contributed by atoms with E-state index in [2.05, 4.69) is 15.0 Å². The Hall–Kier alpha value is -1.33. The molecule has 0 saturated carbocycles. The molecule has 0 aliphatic carbocycles. The van der Waals surface area contributed by atoms with Crippen molar-refractivity contribution in [2.75, 3.05) is 20.2 Å². The molecular weight excluding hydrogens is 232 g/mol. The quantitative estimate of drug-likeness (QED) is 0.791. The van der Waals surface area contributed by atoms with Gasteiger partial charge < -0.3 is 14.8 Å². The van der Waals surface area contributed by atoms with Crippen LogP contribution in [0.15, 0.2) is 18.3 Å². The van der Waals surface area contributed by atoms with Crippen LogP contribution in [0.25, 0.3) is 0 Å². The zero-order valence-corrected chi connectivity index (χ0v) is 9.62. The van der Waals surface area contributed by atoms with Crippen molar-refractivity contribution in [2.45, 2.75) is 6.10 Å². The van der Waals surface area contributed by atoms with Crippen molar-refractivity contribution in [1.82, 2.24) is 10.3 Å². The van der Waals surface area contributed by atoms with Crippen molar-refractivity contribution in [2.24, 2.45) is 0 Å². The van der Waals surface area contributed by atoms with Crippen molar-refractivity contribution in [1.29, 1.82) is 0 Å². The normalized spacial score (nSPS) is 14.6. The third-order valence-corrected chi connectivity index (χ3v) is 2.19. The number of aromatic nitrogens is 1. The number of ether oxygens (including phenoxy) is 2. The summed E-state index contributed by atoms with van der Waals surface area (Å²) < 4.78 is 10.1. The van der Waals surface area contributed by atoms with E-state index in [0.717, 1.165) is 13.1 Å². The van der Waals surface area contributed by atoms with Crippen LogP contribution in [0.3, 0.4) is 0 Å². The van der Waals surface area contributed by atoms with Crippen molar-refractivity contribution in [3.63, 3.8) is 0 Å². The second kappa shape index (κ2) is 5.67. The Kier molecular flexibility index (Phi) is 4.52. The molecule has 0 amide bonds. The van der Waals surface area contributed by atoms with Crippen LogP contribution in [0.2, 0.25) is 0 Å². The lowest BCUT2D eigenvalue weighted by Crippen LogP contribution is -2.50. The van der Waals surface area contributed by atoms with Crippen LogP contribution in [-0.2, 0) is 4.74 Å². The first kappa shape index (κ1) is 12.7. The highest BCUT2D eigenvalue weighted by Crippen LogP contribution is 2.11. The topological polar surface area (TPSA) is 60.5 Å². The van der Waals surface area contributed by atoms with Gasteiger partial charge in [0.25, 0.3) is 0 Å². The molecule has 1 fully saturated rings. The third-order valence-electron chi connectivity index (χ3n) is 2.19. The Morgan fingerprint density at radius 2 is 2.25 bits per heavy atom. The van der Waals surface area contributed by atoms with E-state index >= 15 is 0 Å². The van der Waals surface area contributed by atoms with E-state index in [4.69, 9.17) is 4.74 Å². The molecule has 2 heterocycles. The minimum atomic E-state index is -0.389. The SMILES string of the molecule is COC(=O)c1ccc(OC2CNC2)nc1.Cl.